The summed E-state index contributed by atoms with van der Waals surface area (Å²) >= 11 is 0. The molecule has 0 amide bonds. The van der Waals surface area contributed by atoms with Gasteiger partial charge in [0, 0.05) is 6.54 Å². The fraction of sp³-hybridized carbons (Fsp3) is 0.714. The Hall–Kier alpha value is -0.330. The smallest absolute Gasteiger partial charge is 0.288 e. The molecule has 5 heteroatoms. The van der Waals surface area contributed by atoms with E-state index in [1.165, 1.54) is 0 Å². The maximum Gasteiger partial charge on any atom is 0.346 e. The molecular formula is C7H13N2O2P. The van der Waals surface area contributed by atoms with E-state index in [9.17, 15) is 4.57 Å². The lowest BCUT2D eigenvalue weighted by atomic mass is 10.4. The van der Waals surface area contributed by atoms with Crippen LogP contribution < -0.4 is 0 Å². The summed E-state index contributed by atoms with van der Waals surface area (Å²) in [4.78, 5) is 0. The van der Waals surface area contributed by atoms with Gasteiger partial charge in [-0.15, -0.1) is 6.42 Å². The Morgan fingerprint density at radius 1 is 1.75 bits per heavy atom. The van der Waals surface area contributed by atoms with E-state index in [0.29, 0.717) is 6.54 Å². The first kappa shape index (κ1) is 9.76. The zero-order chi connectivity index (χ0) is 9.35. The molecule has 1 saturated heterocycles. The molecule has 0 N–H and O–H groups in total. The number of terminal acetylenes is 1. The van der Waals surface area contributed by atoms with Crippen LogP contribution in [-0.4, -0.2) is 43.1 Å². The molecule has 0 aromatic heterocycles. The van der Waals surface area contributed by atoms with Gasteiger partial charge in [0.25, 0.3) is 0 Å². The van der Waals surface area contributed by atoms with Crippen molar-refractivity contribution < 1.29 is 9.09 Å². The first-order chi connectivity index (χ1) is 5.50. The van der Waals surface area contributed by atoms with Crippen LogP contribution in [-0.2, 0) is 9.09 Å². The van der Waals surface area contributed by atoms with Crippen molar-refractivity contribution in [3.05, 3.63) is 0 Å². The molecule has 0 spiro atoms. The van der Waals surface area contributed by atoms with E-state index >= 15 is 0 Å². The Labute approximate surface area is 73.0 Å². The van der Waals surface area contributed by atoms with Gasteiger partial charge in [-0.2, -0.15) is 0 Å². The SMILES string of the molecule is C#CC1CN(C)P(=O)(N(C)C)O1. The van der Waals surface area contributed by atoms with Crippen molar-refractivity contribution in [3.8, 4) is 12.3 Å². The molecule has 4 nitrogen and oxygen atoms in total. The van der Waals surface area contributed by atoms with Crippen molar-refractivity contribution >= 4 is 7.67 Å². The highest BCUT2D eigenvalue weighted by Gasteiger charge is 2.41. The van der Waals surface area contributed by atoms with Gasteiger partial charge in [0.2, 0.25) is 0 Å². The Balaban J connectivity index is 2.83. The number of rotatable bonds is 1. The summed E-state index contributed by atoms with van der Waals surface area (Å²) < 4.78 is 20.4. The van der Waals surface area contributed by atoms with Crippen LogP contribution >= 0.6 is 7.67 Å². The fourth-order valence-corrected chi connectivity index (χ4v) is 2.88. The first-order valence-corrected chi connectivity index (χ1v) is 5.17. The van der Waals surface area contributed by atoms with Gasteiger partial charge in [0.1, 0.15) is 6.10 Å². The second-order valence-electron chi connectivity index (χ2n) is 2.94. The normalized spacial score (nSPS) is 37.1. The van der Waals surface area contributed by atoms with Crippen molar-refractivity contribution in [2.75, 3.05) is 27.7 Å². The minimum Gasteiger partial charge on any atom is -0.288 e. The topological polar surface area (TPSA) is 32.8 Å². The molecular weight excluding hydrogens is 175 g/mol. The van der Waals surface area contributed by atoms with E-state index in [1.54, 1.807) is 30.5 Å². The van der Waals surface area contributed by atoms with Crippen LogP contribution in [0, 0.1) is 12.3 Å². The molecule has 0 radical (unpaired) electrons. The van der Waals surface area contributed by atoms with E-state index < -0.39 is 7.67 Å². The molecule has 1 aliphatic rings. The Kier molecular flexibility index (Phi) is 2.60. The molecule has 0 bridgehead atoms. The van der Waals surface area contributed by atoms with Gasteiger partial charge in [-0.1, -0.05) is 5.92 Å². The Morgan fingerprint density at radius 3 is 2.58 bits per heavy atom. The predicted octanol–water partition coefficient (Wildman–Crippen LogP) is 0.620. The zero-order valence-corrected chi connectivity index (χ0v) is 8.41. The molecule has 1 rings (SSSR count). The van der Waals surface area contributed by atoms with Gasteiger partial charge in [0.05, 0.1) is 0 Å². The zero-order valence-electron chi connectivity index (χ0n) is 7.52. The molecule has 0 aliphatic carbocycles. The first-order valence-electron chi connectivity index (χ1n) is 3.64. The minimum absolute atomic E-state index is 0.344. The van der Waals surface area contributed by atoms with Crippen LogP contribution in [0.3, 0.4) is 0 Å². The summed E-state index contributed by atoms with van der Waals surface area (Å²) in [7, 11) is 2.40. The average molecular weight is 188 g/mol. The van der Waals surface area contributed by atoms with Crippen LogP contribution in [0.5, 0.6) is 0 Å². The molecule has 2 unspecified atom stereocenters. The predicted molar refractivity (Wildman–Crippen MR) is 47.6 cm³/mol. The Bertz CT molecular complexity index is 259. The number of nitrogens with zero attached hydrogens (tertiary/aromatic N) is 2. The van der Waals surface area contributed by atoms with Crippen molar-refractivity contribution in [2.45, 2.75) is 6.10 Å². The van der Waals surface area contributed by atoms with Crippen LogP contribution in [0.1, 0.15) is 0 Å². The third-order valence-corrected chi connectivity index (χ3v) is 4.38. The molecule has 68 valence electrons. The lowest BCUT2D eigenvalue weighted by Crippen LogP contribution is -2.19. The molecule has 12 heavy (non-hydrogen) atoms. The van der Waals surface area contributed by atoms with Crippen LogP contribution in [0.4, 0.5) is 0 Å². The fourth-order valence-electron chi connectivity index (χ4n) is 1.11. The molecule has 0 aromatic rings. The molecule has 1 aliphatic heterocycles. The monoisotopic (exact) mass is 188 g/mol. The third kappa shape index (κ3) is 1.41. The summed E-state index contributed by atoms with van der Waals surface area (Å²) in [6.07, 6.45) is 4.83. The average Bonchev–Trinajstić information content (AvgIpc) is 2.29. The number of hydrogen-bond donors (Lipinski definition) is 0. The minimum atomic E-state index is -2.78. The molecule has 1 fully saturated rings. The van der Waals surface area contributed by atoms with Gasteiger partial charge < -0.3 is 0 Å². The second kappa shape index (κ2) is 3.20. The van der Waals surface area contributed by atoms with Crippen LogP contribution in [0.25, 0.3) is 0 Å². The van der Waals surface area contributed by atoms with Gasteiger partial charge in [-0.3, -0.25) is 9.09 Å². The summed E-state index contributed by atoms with van der Waals surface area (Å²) in [5.74, 6) is 2.44. The second-order valence-corrected chi connectivity index (χ2v) is 5.61. The van der Waals surface area contributed by atoms with Gasteiger partial charge in [-0.05, 0) is 21.1 Å². The molecule has 2 atom stereocenters. The van der Waals surface area contributed by atoms with Crippen molar-refractivity contribution in [2.24, 2.45) is 0 Å². The van der Waals surface area contributed by atoms with Crippen molar-refractivity contribution in [1.82, 2.24) is 9.34 Å². The lowest BCUT2D eigenvalue weighted by Gasteiger charge is -2.23. The van der Waals surface area contributed by atoms with Crippen LogP contribution in [0.2, 0.25) is 0 Å². The standard InChI is InChI=1S/C7H13N2O2P/c1-5-7-6-9(4)12(10,11-7)8(2)3/h1,7H,6H2,2-4H3. The highest BCUT2D eigenvalue weighted by molar-refractivity contribution is 7.54. The van der Waals surface area contributed by atoms with Crippen molar-refractivity contribution in [3.63, 3.8) is 0 Å². The van der Waals surface area contributed by atoms with Gasteiger partial charge in [0.15, 0.2) is 0 Å². The molecule has 0 aromatic carbocycles. The lowest BCUT2D eigenvalue weighted by molar-refractivity contribution is 0.276. The van der Waals surface area contributed by atoms with Crippen molar-refractivity contribution in [1.29, 1.82) is 0 Å². The van der Waals surface area contributed by atoms with E-state index in [2.05, 4.69) is 5.92 Å². The highest BCUT2D eigenvalue weighted by Crippen LogP contribution is 2.56. The van der Waals surface area contributed by atoms with Crippen LogP contribution in [0.15, 0.2) is 0 Å². The summed E-state index contributed by atoms with van der Waals surface area (Å²) in [6.45, 7) is 0.534. The molecule has 0 saturated carbocycles. The van der Waals surface area contributed by atoms with Gasteiger partial charge in [-0.25, -0.2) is 9.34 Å². The summed E-state index contributed by atoms with van der Waals surface area (Å²) in [6, 6.07) is 0. The van der Waals surface area contributed by atoms with E-state index in [0.717, 1.165) is 0 Å². The highest BCUT2D eigenvalue weighted by atomic mass is 31.2. The maximum absolute atomic E-state index is 11.9. The number of hydrogen-bond acceptors (Lipinski definition) is 2. The summed E-state index contributed by atoms with van der Waals surface area (Å²) in [5, 5.41) is 0. The van der Waals surface area contributed by atoms with E-state index in [1.807, 2.05) is 0 Å². The van der Waals surface area contributed by atoms with E-state index in [-0.39, 0.29) is 6.10 Å². The van der Waals surface area contributed by atoms with Gasteiger partial charge >= 0.3 is 7.67 Å². The van der Waals surface area contributed by atoms with E-state index in [4.69, 9.17) is 10.9 Å². The maximum atomic E-state index is 11.9. The quantitative estimate of drug-likeness (QED) is 0.446. The Morgan fingerprint density at radius 2 is 2.33 bits per heavy atom. The summed E-state index contributed by atoms with van der Waals surface area (Å²) in [5.41, 5.74) is 0. The molecule has 1 heterocycles. The largest absolute Gasteiger partial charge is 0.346 e. The third-order valence-electron chi connectivity index (χ3n) is 1.82. The number of likely N-dealkylation sites (N-methyl/N-ethyl adjacent to an activating group) is 1.